The summed E-state index contributed by atoms with van der Waals surface area (Å²) >= 11 is 0. The van der Waals surface area contributed by atoms with Gasteiger partial charge in [0, 0.05) is 51.4 Å². The van der Waals surface area contributed by atoms with Gasteiger partial charge < -0.3 is 15.5 Å². The molecule has 0 aromatic carbocycles. The fourth-order valence-electron chi connectivity index (χ4n) is 4.01. The molecule has 0 spiro atoms. The number of nitrogens with one attached hydrogen (secondary N) is 2. The maximum absolute atomic E-state index is 11.6. The fourth-order valence-corrected chi connectivity index (χ4v) is 4.88. The molecule has 150 valence electrons. The van der Waals surface area contributed by atoms with Crippen molar-refractivity contribution in [2.75, 3.05) is 45.5 Å². The van der Waals surface area contributed by atoms with Crippen molar-refractivity contribution in [2.24, 2.45) is 10.9 Å². The first-order valence-corrected chi connectivity index (χ1v) is 12.0. The Morgan fingerprint density at radius 3 is 2.23 bits per heavy atom. The van der Waals surface area contributed by atoms with Gasteiger partial charge in [0.15, 0.2) is 5.96 Å². The van der Waals surface area contributed by atoms with Gasteiger partial charge in [-0.1, -0.05) is 0 Å². The molecule has 0 aromatic heterocycles. The Hall–Kier alpha value is -0.860. The third kappa shape index (κ3) is 5.82. The Bertz CT molecular complexity index is 574. The molecule has 1 aliphatic carbocycles. The van der Waals surface area contributed by atoms with Crippen molar-refractivity contribution in [3.05, 3.63) is 0 Å². The third-order valence-electron chi connectivity index (χ3n) is 5.83. The van der Waals surface area contributed by atoms with Crippen molar-refractivity contribution < 1.29 is 8.42 Å². The molecular formula is C18H35N5O2S. The number of likely N-dealkylation sites (tertiary alicyclic amines) is 1. The van der Waals surface area contributed by atoms with E-state index in [1.165, 1.54) is 45.0 Å². The summed E-state index contributed by atoms with van der Waals surface area (Å²) in [5.74, 6) is 1.39. The molecule has 7 nitrogen and oxygen atoms in total. The molecule has 8 heteroatoms. The summed E-state index contributed by atoms with van der Waals surface area (Å²) in [7, 11) is -3.05. The van der Waals surface area contributed by atoms with Gasteiger partial charge in [-0.25, -0.2) is 12.7 Å². The van der Waals surface area contributed by atoms with E-state index in [1.807, 2.05) is 0 Å². The Morgan fingerprint density at radius 2 is 1.69 bits per heavy atom. The zero-order chi connectivity index (χ0) is 18.6. The average Bonchev–Trinajstić information content (AvgIpc) is 3.45. The molecule has 2 N–H and O–H groups in total. The van der Waals surface area contributed by atoms with Crippen LogP contribution < -0.4 is 10.6 Å². The van der Waals surface area contributed by atoms with Crippen molar-refractivity contribution >= 4 is 16.0 Å². The van der Waals surface area contributed by atoms with E-state index in [-0.39, 0.29) is 0 Å². The van der Waals surface area contributed by atoms with E-state index in [9.17, 15) is 8.42 Å². The molecule has 0 unspecified atom stereocenters. The van der Waals surface area contributed by atoms with Gasteiger partial charge in [-0.3, -0.25) is 4.99 Å². The fraction of sp³-hybridized carbons (Fsp3) is 0.944. The molecule has 0 bridgehead atoms. The van der Waals surface area contributed by atoms with Crippen molar-refractivity contribution in [1.82, 2.24) is 19.8 Å². The normalized spacial score (nSPS) is 25.4. The first-order chi connectivity index (χ1) is 12.5. The minimum absolute atomic E-state index is 0.472. The van der Waals surface area contributed by atoms with Crippen LogP contribution in [0.4, 0.5) is 0 Å². The molecule has 26 heavy (non-hydrogen) atoms. The van der Waals surface area contributed by atoms with Crippen molar-refractivity contribution in [3.8, 4) is 0 Å². The van der Waals surface area contributed by atoms with E-state index < -0.39 is 10.0 Å². The van der Waals surface area contributed by atoms with Crippen molar-refractivity contribution in [3.63, 3.8) is 0 Å². The van der Waals surface area contributed by atoms with Gasteiger partial charge in [0.25, 0.3) is 0 Å². The number of aliphatic imine (C=N–C) groups is 1. The van der Waals surface area contributed by atoms with Gasteiger partial charge in [-0.05, 0) is 51.4 Å². The van der Waals surface area contributed by atoms with Crippen LogP contribution in [0.5, 0.6) is 0 Å². The lowest BCUT2D eigenvalue weighted by Crippen LogP contribution is -2.49. The van der Waals surface area contributed by atoms with Crippen LogP contribution in [0.3, 0.4) is 0 Å². The number of rotatable bonds is 6. The van der Waals surface area contributed by atoms with Gasteiger partial charge in [-0.2, -0.15) is 0 Å². The van der Waals surface area contributed by atoms with E-state index in [0.29, 0.717) is 25.0 Å². The molecule has 2 saturated heterocycles. The van der Waals surface area contributed by atoms with Crippen LogP contribution in [0.25, 0.3) is 0 Å². The number of hydrogen-bond acceptors (Lipinski definition) is 4. The Labute approximate surface area is 158 Å². The number of piperidine rings is 2. The summed E-state index contributed by atoms with van der Waals surface area (Å²) in [6, 6.07) is 1.38. The number of sulfonamides is 1. The van der Waals surface area contributed by atoms with Crippen LogP contribution in [0, 0.1) is 5.92 Å². The maximum atomic E-state index is 11.6. The Morgan fingerprint density at radius 1 is 1.04 bits per heavy atom. The average molecular weight is 386 g/mol. The molecule has 0 amide bonds. The van der Waals surface area contributed by atoms with Gasteiger partial charge in [-0.15, -0.1) is 0 Å². The Balaban J connectivity index is 1.44. The second kappa shape index (κ2) is 8.89. The molecule has 0 atom stereocenters. The topological polar surface area (TPSA) is 77.0 Å². The molecule has 1 saturated carbocycles. The van der Waals surface area contributed by atoms with Gasteiger partial charge in [0.05, 0.1) is 6.26 Å². The highest BCUT2D eigenvalue weighted by molar-refractivity contribution is 7.88. The largest absolute Gasteiger partial charge is 0.357 e. The van der Waals surface area contributed by atoms with Gasteiger partial charge in [0.2, 0.25) is 10.0 Å². The molecule has 0 radical (unpaired) electrons. The maximum Gasteiger partial charge on any atom is 0.211 e. The highest BCUT2D eigenvalue weighted by atomic mass is 32.2. The standard InChI is InChI=1S/C18H35N5O2S/c1-3-19-18(21-16-8-10-22(11-9-16)17-4-5-17)20-14-15-6-12-23(13-7-15)26(2,24)25/h15-17H,3-14H2,1-2H3,(H2,19,20,21). The minimum atomic E-state index is -3.05. The monoisotopic (exact) mass is 385 g/mol. The van der Waals surface area contributed by atoms with Crippen LogP contribution in [-0.2, 0) is 10.0 Å². The van der Waals surface area contributed by atoms with E-state index in [1.54, 1.807) is 4.31 Å². The van der Waals surface area contributed by atoms with E-state index in [4.69, 9.17) is 4.99 Å². The molecule has 2 heterocycles. The molecule has 3 rings (SSSR count). The first kappa shape index (κ1) is 19.9. The highest BCUT2D eigenvalue weighted by Crippen LogP contribution is 2.29. The van der Waals surface area contributed by atoms with E-state index in [2.05, 4.69) is 22.5 Å². The first-order valence-electron chi connectivity index (χ1n) is 10.2. The van der Waals surface area contributed by atoms with Crippen LogP contribution >= 0.6 is 0 Å². The van der Waals surface area contributed by atoms with E-state index in [0.717, 1.165) is 37.9 Å². The Kier molecular flexibility index (Phi) is 6.80. The summed E-state index contributed by atoms with van der Waals surface area (Å²) < 4.78 is 24.8. The second-order valence-electron chi connectivity index (χ2n) is 8.01. The van der Waals surface area contributed by atoms with Gasteiger partial charge >= 0.3 is 0 Å². The SMILES string of the molecule is CCNC(=NCC1CCN(S(C)(=O)=O)CC1)NC1CCN(C2CC2)CC1. The van der Waals surface area contributed by atoms with Crippen LogP contribution in [0.2, 0.25) is 0 Å². The number of hydrogen-bond donors (Lipinski definition) is 2. The predicted octanol–water partition coefficient (Wildman–Crippen LogP) is 0.840. The zero-order valence-electron chi connectivity index (χ0n) is 16.3. The third-order valence-corrected chi connectivity index (χ3v) is 7.13. The summed E-state index contributed by atoms with van der Waals surface area (Å²) in [4.78, 5) is 7.43. The van der Waals surface area contributed by atoms with Crippen molar-refractivity contribution in [2.45, 2.75) is 57.5 Å². The minimum Gasteiger partial charge on any atom is -0.357 e. The summed E-state index contributed by atoms with van der Waals surface area (Å²) in [5, 5.41) is 6.98. The highest BCUT2D eigenvalue weighted by Gasteiger charge is 2.32. The summed E-state index contributed by atoms with van der Waals surface area (Å²) in [5.41, 5.74) is 0. The quantitative estimate of drug-likeness (QED) is 0.523. The van der Waals surface area contributed by atoms with Crippen LogP contribution in [-0.4, -0.2) is 81.2 Å². The number of nitrogens with zero attached hydrogens (tertiary/aromatic N) is 3. The lowest BCUT2D eigenvalue weighted by atomic mass is 9.98. The van der Waals surface area contributed by atoms with E-state index >= 15 is 0 Å². The smallest absolute Gasteiger partial charge is 0.211 e. The summed E-state index contributed by atoms with van der Waals surface area (Å²) in [6.45, 7) is 7.38. The molecular weight excluding hydrogens is 350 g/mol. The van der Waals surface area contributed by atoms with Crippen molar-refractivity contribution in [1.29, 1.82) is 0 Å². The molecule has 0 aromatic rings. The molecule has 3 aliphatic rings. The molecule has 3 fully saturated rings. The van der Waals surface area contributed by atoms with Crippen LogP contribution in [0.15, 0.2) is 4.99 Å². The summed E-state index contributed by atoms with van der Waals surface area (Å²) in [6.07, 6.45) is 8.25. The predicted molar refractivity (Wildman–Crippen MR) is 106 cm³/mol. The van der Waals surface area contributed by atoms with Gasteiger partial charge in [0.1, 0.15) is 0 Å². The number of guanidine groups is 1. The lowest BCUT2D eigenvalue weighted by Gasteiger charge is -2.33. The lowest BCUT2D eigenvalue weighted by molar-refractivity contribution is 0.197. The van der Waals surface area contributed by atoms with Crippen LogP contribution in [0.1, 0.15) is 45.4 Å². The zero-order valence-corrected chi connectivity index (χ0v) is 17.1. The second-order valence-corrected chi connectivity index (χ2v) is 9.99. The molecule has 2 aliphatic heterocycles.